The molecule has 0 aliphatic rings. The van der Waals surface area contributed by atoms with Gasteiger partial charge in [-0.1, -0.05) is 6.92 Å². The van der Waals surface area contributed by atoms with Gasteiger partial charge in [0.15, 0.2) is 0 Å². The highest BCUT2D eigenvalue weighted by atomic mass is 32.2. The van der Waals surface area contributed by atoms with Gasteiger partial charge in [-0.15, -0.1) is 11.8 Å². The number of nitrogen functional groups attached to an aromatic ring is 1. The fraction of sp³-hybridized carbons (Fsp3) is 0.571. The summed E-state index contributed by atoms with van der Waals surface area (Å²) in [7, 11) is 1.86. The Morgan fingerprint density at radius 1 is 1.64 bits per heavy atom. The molecule has 0 saturated heterocycles. The molecule has 1 heterocycles. The Morgan fingerprint density at radius 2 is 2.27 bits per heavy atom. The van der Waals surface area contributed by atoms with Crippen molar-refractivity contribution < 1.29 is 0 Å². The number of hydrogen-bond acceptors (Lipinski definition) is 3. The van der Waals surface area contributed by atoms with Crippen LogP contribution in [0.4, 0.5) is 5.82 Å². The fourth-order valence-electron chi connectivity index (χ4n) is 0.979. The maximum Gasteiger partial charge on any atom is 0.135 e. The summed E-state index contributed by atoms with van der Waals surface area (Å²) in [6.07, 6.45) is 0. The molecule has 0 radical (unpaired) electrons. The molecule has 62 valence electrons. The molecule has 4 heteroatoms. The van der Waals surface area contributed by atoms with Gasteiger partial charge in [0, 0.05) is 7.05 Å². The molecule has 0 aliphatic heterocycles. The lowest BCUT2D eigenvalue weighted by Gasteiger charge is -1.96. The van der Waals surface area contributed by atoms with Gasteiger partial charge in [0.2, 0.25) is 0 Å². The van der Waals surface area contributed by atoms with E-state index in [0.29, 0.717) is 0 Å². The van der Waals surface area contributed by atoms with Gasteiger partial charge in [0.25, 0.3) is 0 Å². The lowest BCUT2D eigenvalue weighted by molar-refractivity contribution is 0.767. The summed E-state index contributed by atoms with van der Waals surface area (Å²) in [5.74, 6) is 1.81. The maximum atomic E-state index is 5.77. The van der Waals surface area contributed by atoms with Crippen LogP contribution >= 0.6 is 11.8 Å². The molecule has 0 amide bonds. The van der Waals surface area contributed by atoms with Gasteiger partial charge in [0.05, 0.1) is 10.6 Å². The average molecular weight is 171 g/mol. The van der Waals surface area contributed by atoms with E-state index < -0.39 is 0 Å². The number of rotatable bonds is 2. The van der Waals surface area contributed by atoms with Crippen molar-refractivity contribution in [3.05, 3.63) is 5.69 Å². The van der Waals surface area contributed by atoms with Crippen molar-refractivity contribution in [3.63, 3.8) is 0 Å². The van der Waals surface area contributed by atoms with E-state index in [1.54, 1.807) is 16.4 Å². The zero-order valence-corrected chi connectivity index (χ0v) is 7.90. The number of thioether (sulfide) groups is 1. The van der Waals surface area contributed by atoms with E-state index in [4.69, 9.17) is 5.73 Å². The van der Waals surface area contributed by atoms with Crippen molar-refractivity contribution in [3.8, 4) is 0 Å². The maximum absolute atomic E-state index is 5.77. The van der Waals surface area contributed by atoms with Crippen molar-refractivity contribution in [2.75, 3.05) is 11.5 Å². The minimum absolute atomic E-state index is 0.773. The smallest absolute Gasteiger partial charge is 0.135 e. The third-order valence-electron chi connectivity index (χ3n) is 1.50. The van der Waals surface area contributed by atoms with E-state index in [0.717, 1.165) is 22.2 Å². The molecule has 0 atom stereocenters. The van der Waals surface area contributed by atoms with Crippen LogP contribution < -0.4 is 5.73 Å². The van der Waals surface area contributed by atoms with Crippen LogP contribution in [0.5, 0.6) is 0 Å². The largest absolute Gasteiger partial charge is 0.383 e. The van der Waals surface area contributed by atoms with Gasteiger partial charge in [0.1, 0.15) is 5.82 Å². The van der Waals surface area contributed by atoms with E-state index in [-0.39, 0.29) is 0 Å². The van der Waals surface area contributed by atoms with Crippen LogP contribution in [0, 0.1) is 6.92 Å². The molecule has 2 N–H and O–H groups in total. The van der Waals surface area contributed by atoms with E-state index in [9.17, 15) is 0 Å². The Kier molecular flexibility index (Phi) is 2.44. The van der Waals surface area contributed by atoms with Crippen molar-refractivity contribution >= 4 is 17.6 Å². The summed E-state index contributed by atoms with van der Waals surface area (Å²) in [6.45, 7) is 4.09. The van der Waals surface area contributed by atoms with Gasteiger partial charge in [-0.25, -0.2) is 0 Å². The van der Waals surface area contributed by atoms with E-state index >= 15 is 0 Å². The van der Waals surface area contributed by atoms with Crippen LogP contribution in [0.15, 0.2) is 4.90 Å². The molecule has 1 aromatic heterocycles. The standard InChI is InChI=1S/C7H13N3S/c1-4-11-6-5(2)9-10(3)7(6)8/h4,8H2,1-3H3. The highest BCUT2D eigenvalue weighted by Gasteiger charge is 2.08. The highest BCUT2D eigenvalue weighted by Crippen LogP contribution is 2.27. The summed E-state index contributed by atoms with van der Waals surface area (Å²) in [5.41, 5.74) is 6.79. The summed E-state index contributed by atoms with van der Waals surface area (Å²) >= 11 is 1.74. The third-order valence-corrected chi connectivity index (χ3v) is 2.58. The van der Waals surface area contributed by atoms with E-state index in [1.165, 1.54) is 0 Å². The molecule has 11 heavy (non-hydrogen) atoms. The van der Waals surface area contributed by atoms with Gasteiger partial charge in [-0.05, 0) is 12.7 Å². The minimum Gasteiger partial charge on any atom is -0.383 e. The summed E-state index contributed by atoms with van der Waals surface area (Å²) in [5, 5.41) is 4.20. The highest BCUT2D eigenvalue weighted by molar-refractivity contribution is 7.99. The first-order valence-electron chi connectivity index (χ1n) is 3.58. The van der Waals surface area contributed by atoms with Crippen LogP contribution in [-0.4, -0.2) is 15.5 Å². The van der Waals surface area contributed by atoms with Crippen LogP contribution in [0.2, 0.25) is 0 Å². The van der Waals surface area contributed by atoms with Crippen molar-refractivity contribution in [2.45, 2.75) is 18.7 Å². The topological polar surface area (TPSA) is 43.8 Å². The molecule has 0 unspecified atom stereocenters. The lowest BCUT2D eigenvalue weighted by atomic mass is 10.5. The van der Waals surface area contributed by atoms with E-state index in [2.05, 4.69) is 12.0 Å². The normalized spacial score (nSPS) is 10.5. The SMILES string of the molecule is CCSc1c(C)nn(C)c1N. The van der Waals surface area contributed by atoms with Crippen LogP contribution in [0.25, 0.3) is 0 Å². The number of hydrogen-bond donors (Lipinski definition) is 1. The minimum atomic E-state index is 0.773. The van der Waals surface area contributed by atoms with Gasteiger partial charge < -0.3 is 5.73 Å². The molecule has 0 aliphatic carbocycles. The Labute approximate surface area is 71.0 Å². The molecular weight excluding hydrogens is 158 g/mol. The number of nitrogens with two attached hydrogens (primary N) is 1. The molecular formula is C7H13N3S. The average Bonchev–Trinajstić information content (AvgIpc) is 2.17. The number of aryl methyl sites for hydroxylation is 2. The molecule has 1 rings (SSSR count). The number of aromatic nitrogens is 2. The Hall–Kier alpha value is -0.640. The number of anilines is 1. The van der Waals surface area contributed by atoms with E-state index in [1.807, 2.05) is 14.0 Å². The first-order valence-corrected chi connectivity index (χ1v) is 4.57. The second-order valence-electron chi connectivity index (χ2n) is 2.36. The summed E-state index contributed by atoms with van der Waals surface area (Å²) in [4.78, 5) is 1.12. The second-order valence-corrected chi connectivity index (χ2v) is 3.63. The Morgan fingerprint density at radius 3 is 2.64 bits per heavy atom. The number of nitrogens with zero attached hydrogens (tertiary/aromatic N) is 2. The summed E-state index contributed by atoms with van der Waals surface area (Å²) < 4.78 is 1.72. The monoisotopic (exact) mass is 171 g/mol. The zero-order chi connectivity index (χ0) is 8.43. The van der Waals surface area contributed by atoms with Crippen molar-refractivity contribution in [1.82, 2.24) is 9.78 Å². The molecule has 0 saturated carbocycles. The molecule has 1 aromatic rings. The molecule has 0 spiro atoms. The first-order chi connectivity index (χ1) is 5.16. The Balaban J connectivity index is 3.02. The zero-order valence-electron chi connectivity index (χ0n) is 7.09. The van der Waals surface area contributed by atoms with Gasteiger partial charge in [-0.3, -0.25) is 4.68 Å². The Bertz CT molecular complexity index is 254. The predicted octanol–water partition coefficient (Wildman–Crippen LogP) is 1.42. The van der Waals surface area contributed by atoms with Gasteiger partial charge in [-0.2, -0.15) is 5.10 Å². The van der Waals surface area contributed by atoms with Gasteiger partial charge >= 0.3 is 0 Å². The molecule has 3 nitrogen and oxygen atoms in total. The molecule has 0 fully saturated rings. The third kappa shape index (κ3) is 1.50. The lowest BCUT2D eigenvalue weighted by Crippen LogP contribution is -1.97. The van der Waals surface area contributed by atoms with Crippen LogP contribution in [-0.2, 0) is 7.05 Å². The fourth-order valence-corrected chi connectivity index (χ4v) is 1.80. The van der Waals surface area contributed by atoms with Crippen molar-refractivity contribution in [2.24, 2.45) is 7.05 Å². The summed E-state index contributed by atoms with van der Waals surface area (Å²) in [6, 6.07) is 0. The van der Waals surface area contributed by atoms with Crippen LogP contribution in [0.3, 0.4) is 0 Å². The quantitative estimate of drug-likeness (QED) is 0.684. The van der Waals surface area contributed by atoms with Crippen LogP contribution in [0.1, 0.15) is 12.6 Å². The first kappa shape index (κ1) is 8.46. The predicted molar refractivity (Wildman–Crippen MR) is 48.8 cm³/mol. The molecule has 0 bridgehead atoms. The van der Waals surface area contributed by atoms with Crippen molar-refractivity contribution in [1.29, 1.82) is 0 Å². The second kappa shape index (κ2) is 3.17. The molecule has 0 aromatic carbocycles.